The highest BCUT2D eigenvalue weighted by molar-refractivity contribution is 5.97. The Hall–Kier alpha value is -3.18. The Bertz CT molecular complexity index is 639. The van der Waals surface area contributed by atoms with Crippen molar-refractivity contribution in [3.05, 3.63) is 22.1 Å². The van der Waals surface area contributed by atoms with Gasteiger partial charge in [-0.3, -0.25) is 10.1 Å². The van der Waals surface area contributed by atoms with Crippen LogP contribution in [-0.2, 0) is 14.3 Å². The van der Waals surface area contributed by atoms with Crippen LogP contribution in [0.2, 0.25) is 0 Å². The van der Waals surface area contributed by atoms with Crippen molar-refractivity contribution in [2.24, 2.45) is 10.9 Å². The van der Waals surface area contributed by atoms with Gasteiger partial charge in [-0.1, -0.05) is 12.1 Å². The van der Waals surface area contributed by atoms with Gasteiger partial charge in [0.25, 0.3) is 5.91 Å². The van der Waals surface area contributed by atoms with Gasteiger partial charge in [-0.15, -0.1) is 0 Å². The summed E-state index contributed by atoms with van der Waals surface area (Å²) < 4.78 is 5.93. The van der Waals surface area contributed by atoms with E-state index in [2.05, 4.69) is 10.1 Å². The van der Waals surface area contributed by atoms with Crippen LogP contribution in [0.1, 0.15) is 25.2 Å². The molecule has 1 unspecified atom stereocenters. The van der Waals surface area contributed by atoms with Crippen LogP contribution in [0, 0.1) is 17.0 Å². The lowest BCUT2D eigenvalue weighted by molar-refractivity contribution is -0.392. The third kappa shape index (κ3) is 4.39. The lowest BCUT2D eigenvalue weighted by Crippen LogP contribution is -2.39. The van der Waals surface area contributed by atoms with E-state index in [1.54, 1.807) is 6.92 Å². The summed E-state index contributed by atoms with van der Waals surface area (Å²) in [6, 6.07) is -1.01. The van der Waals surface area contributed by atoms with Crippen LogP contribution in [-0.4, -0.2) is 44.1 Å². The number of carbonyl (C=O) groups is 2. The number of nitrogens with zero attached hydrogens (tertiary/aromatic N) is 4. The zero-order valence-corrected chi connectivity index (χ0v) is 12.4. The van der Waals surface area contributed by atoms with Crippen molar-refractivity contribution in [2.45, 2.75) is 26.3 Å². The van der Waals surface area contributed by atoms with E-state index < -0.39 is 35.4 Å². The number of ether oxygens (including phenoxy) is 1. The molecule has 0 radical (unpaired) electrons. The predicted molar refractivity (Wildman–Crippen MR) is 75.5 cm³/mol. The van der Waals surface area contributed by atoms with Gasteiger partial charge in [0.05, 0.1) is 0 Å². The fourth-order valence-corrected chi connectivity index (χ4v) is 1.85. The average molecular weight is 328 g/mol. The summed E-state index contributed by atoms with van der Waals surface area (Å²) >= 11 is 0. The SMILES string of the molecule is CCC(C(=O)OCC(=O)NC(N)=NO)n1c([N+](=O)[O-])cnc1C. The number of nitro groups is 1. The smallest absolute Gasteiger partial charge is 0.352 e. The fourth-order valence-electron chi connectivity index (χ4n) is 1.85. The molecule has 0 aliphatic rings. The first-order valence-electron chi connectivity index (χ1n) is 6.44. The van der Waals surface area contributed by atoms with Gasteiger partial charge in [0.2, 0.25) is 5.96 Å². The summed E-state index contributed by atoms with van der Waals surface area (Å²) in [4.78, 5) is 37.6. The molecule has 0 aliphatic heterocycles. The van der Waals surface area contributed by atoms with Crippen molar-refractivity contribution in [1.82, 2.24) is 14.9 Å². The van der Waals surface area contributed by atoms with Gasteiger partial charge in [0.1, 0.15) is 6.20 Å². The summed E-state index contributed by atoms with van der Waals surface area (Å²) in [5.41, 5.74) is 5.06. The molecule has 1 aromatic heterocycles. The monoisotopic (exact) mass is 328 g/mol. The van der Waals surface area contributed by atoms with E-state index >= 15 is 0 Å². The Morgan fingerprint density at radius 2 is 2.30 bits per heavy atom. The Morgan fingerprint density at radius 1 is 1.65 bits per heavy atom. The fraction of sp³-hybridized carbons (Fsp3) is 0.455. The van der Waals surface area contributed by atoms with E-state index in [0.29, 0.717) is 0 Å². The number of imidazole rings is 1. The summed E-state index contributed by atoms with van der Waals surface area (Å²) in [6.45, 7) is 2.45. The van der Waals surface area contributed by atoms with Crippen molar-refractivity contribution >= 4 is 23.7 Å². The van der Waals surface area contributed by atoms with E-state index in [1.807, 2.05) is 5.32 Å². The molecule has 0 aliphatic carbocycles. The Morgan fingerprint density at radius 3 is 2.83 bits per heavy atom. The average Bonchev–Trinajstić information content (AvgIpc) is 2.88. The maximum Gasteiger partial charge on any atom is 0.352 e. The number of amides is 1. The molecule has 0 bridgehead atoms. The van der Waals surface area contributed by atoms with E-state index in [-0.39, 0.29) is 18.1 Å². The van der Waals surface area contributed by atoms with Gasteiger partial charge in [-0.2, -0.15) is 4.57 Å². The predicted octanol–water partition coefficient (Wildman–Crippen LogP) is -0.586. The maximum atomic E-state index is 12.1. The quantitative estimate of drug-likeness (QED) is 0.155. The molecule has 126 valence electrons. The molecular weight excluding hydrogens is 312 g/mol. The number of nitrogens with two attached hydrogens (primary N) is 1. The maximum absolute atomic E-state index is 12.1. The van der Waals surface area contributed by atoms with E-state index in [0.717, 1.165) is 10.8 Å². The van der Waals surface area contributed by atoms with Crippen molar-refractivity contribution in [2.75, 3.05) is 6.61 Å². The topological polar surface area (TPSA) is 175 Å². The first-order valence-corrected chi connectivity index (χ1v) is 6.44. The molecule has 1 rings (SSSR count). The Balaban J connectivity index is 2.83. The summed E-state index contributed by atoms with van der Waals surface area (Å²) in [5, 5.41) is 23.7. The molecule has 12 nitrogen and oxygen atoms in total. The molecule has 1 atom stereocenters. The number of rotatable bonds is 6. The number of guanidine groups is 1. The van der Waals surface area contributed by atoms with Crippen molar-refractivity contribution in [1.29, 1.82) is 0 Å². The molecule has 0 saturated heterocycles. The first kappa shape index (κ1) is 17.9. The number of nitrogens with one attached hydrogen (secondary N) is 1. The largest absolute Gasteiger partial charge is 0.452 e. The molecule has 0 saturated carbocycles. The third-order valence-electron chi connectivity index (χ3n) is 2.84. The number of hydrogen-bond acceptors (Lipinski definition) is 8. The number of carbonyl (C=O) groups excluding carboxylic acids is 2. The molecule has 0 aromatic carbocycles. The molecular formula is C11H16N6O6. The highest BCUT2D eigenvalue weighted by Crippen LogP contribution is 2.23. The minimum absolute atomic E-state index is 0.193. The van der Waals surface area contributed by atoms with Gasteiger partial charge >= 0.3 is 11.8 Å². The second-order valence-corrected chi connectivity index (χ2v) is 4.36. The van der Waals surface area contributed by atoms with Gasteiger partial charge in [0, 0.05) is 6.92 Å². The standard InChI is InChI=1S/C11H16N6O6/c1-3-7(16-6(2)13-4-9(16)17(21)22)10(19)23-5-8(18)14-11(12)15-20/h4,7,20H,3,5H2,1-2H3,(H3,12,14,15,18). The number of hydrogen-bond donors (Lipinski definition) is 3. The lowest BCUT2D eigenvalue weighted by Gasteiger charge is -2.13. The summed E-state index contributed by atoms with van der Waals surface area (Å²) in [6.07, 6.45) is 1.23. The number of oxime groups is 1. The third-order valence-corrected chi connectivity index (χ3v) is 2.84. The summed E-state index contributed by atoms with van der Waals surface area (Å²) in [7, 11) is 0. The van der Waals surface area contributed by atoms with Gasteiger partial charge in [0.15, 0.2) is 18.5 Å². The molecule has 1 aromatic rings. The minimum Gasteiger partial charge on any atom is -0.452 e. The lowest BCUT2D eigenvalue weighted by atomic mass is 10.2. The second kappa shape index (κ2) is 7.72. The van der Waals surface area contributed by atoms with Gasteiger partial charge in [-0.25, -0.2) is 9.78 Å². The molecule has 4 N–H and O–H groups in total. The van der Waals surface area contributed by atoms with Crippen LogP contribution in [0.4, 0.5) is 5.82 Å². The minimum atomic E-state index is -1.01. The molecule has 1 heterocycles. The van der Waals surface area contributed by atoms with Crippen molar-refractivity contribution in [3.63, 3.8) is 0 Å². The van der Waals surface area contributed by atoms with Crippen LogP contribution in [0.3, 0.4) is 0 Å². The zero-order chi connectivity index (χ0) is 17.6. The highest BCUT2D eigenvalue weighted by atomic mass is 16.6. The van der Waals surface area contributed by atoms with Crippen LogP contribution in [0.15, 0.2) is 11.4 Å². The van der Waals surface area contributed by atoms with Crippen LogP contribution in [0.25, 0.3) is 0 Å². The number of aryl methyl sites for hydroxylation is 1. The van der Waals surface area contributed by atoms with Gasteiger partial charge < -0.3 is 25.8 Å². The van der Waals surface area contributed by atoms with E-state index in [1.165, 1.54) is 6.92 Å². The summed E-state index contributed by atoms with van der Waals surface area (Å²) in [5.74, 6) is -2.31. The molecule has 12 heteroatoms. The zero-order valence-electron chi connectivity index (χ0n) is 12.4. The molecule has 23 heavy (non-hydrogen) atoms. The van der Waals surface area contributed by atoms with Gasteiger partial charge in [-0.05, 0) is 11.3 Å². The molecule has 0 fully saturated rings. The number of esters is 1. The number of aromatic nitrogens is 2. The van der Waals surface area contributed by atoms with E-state index in [4.69, 9.17) is 15.7 Å². The van der Waals surface area contributed by atoms with Crippen molar-refractivity contribution in [3.8, 4) is 0 Å². The first-order chi connectivity index (χ1) is 10.8. The van der Waals surface area contributed by atoms with Crippen molar-refractivity contribution < 1.29 is 24.5 Å². The molecule has 1 amide bonds. The van der Waals surface area contributed by atoms with Crippen LogP contribution in [0.5, 0.6) is 0 Å². The highest BCUT2D eigenvalue weighted by Gasteiger charge is 2.32. The Labute approximate surface area is 130 Å². The second-order valence-electron chi connectivity index (χ2n) is 4.36. The van der Waals surface area contributed by atoms with Crippen LogP contribution < -0.4 is 11.1 Å². The normalized spacial score (nSPS) is 12.5. The Kier molecular flexibility index (Phi) is 6.00. The van der Waals surface area contributed by atoms with E-state index in [9.17, 15) is 19.7 Å². The van der Waals surface area contributed by atoms with Crippen LogP contribution >= 0.6 is 0 Å². The molecule has 0 spiro atoms.